The molecule has 192 valence electrons. The number of hydrogen-bond acceptors (Lipinski definition) is 8. The molecule has 32 heavy (non-hydrogen) atoms. The molecule has 0 aliphatic carbocycles. The average molecular weight is 609 g/mol. The van der Waals surface area contributed by atoms with Crippen molar-refractivity contribution in [1.29, 1.82) is 0 Å². The predicted octanol–water partition coefficient (Wildman–Crippen LogP) is 10.9. The lowest BCUT2D eigenvalue weighted by atomic mass is 11.4. The first-order valence-electron chi connectivity index (χ1n) is 6.32. The smallest absolute Gasteiger partial charge is 0.207 e. The molecule has 0 aromatic carbocycles. The standard InChI is InChI=1S/C4H3F15N5O3P5/c1-28(14)20-29(15,16)22-31(18,26-3(8,9)10)24-32(19,27-4(11,12)13)23-30(17,21-28)25-2(5,6)7/h1H3. The van der Waals surface area contributed by atoms with Gasteiger partial charge >= 0.3 is 50.1 Å². The van der Waals surface area contributed by atoms with E-state index in [2.05, 4.69) is 13.6 Å². The fraction of sp³-hybridized carbons (Fsp3) is 1.00. The Kier molecular flexibility index (Phi) is 8.33. The van der Waals surface area contributed by atoms with E-state index in [-0.39, 0.29) is 6.66 Å². The molecule has 28 heteroatoms. The lowest BCUT2D eigenvalue weighted by Gasteiger charge is -2.21. The molecule has 0 radical (unpaired) electrons. The van der Waals surface area contributed by atoms with E-state index in [1.165, 1.54) is 13.5 Å². The van der Waals surface area contributed by atoms with E-state index in [0.717, 1.165) is 0 Å². The van der Waals surface area contributed by atoms with Crippen LogP contribution < -0.4 is 0 Å². The molecule has 0 aromatic rings. The van der Waals surface area contributed by atoms with Crippen LogP contribution in [0.4, 0.5) is 64.7 Å². The SMILES string of the molecule is CP1(F)=NP(F)(F)=NP(F)(OC(F)(F)F)=NP(F)(OC(F)(F)F)=NP(F)(OC(F)(F)F)=N1. The summed E-state index contributed by atoms with van der Waals surface area (Å²) in [4.78, 5) is 0. The Morgan fingerprint density at radius 1 is 0.469 bits per heavy atom. The molecular weight excluding hydrogens is 606 g/mol. The van der Waals surface area contributed by atoms with Crippen LogP contribution in [-0.2, 0) is 13.6 Å². The number of halogens is 15. The van der Waals surface area contributed by atoms with Crippen molar-refractivity contribution in [3.63, 3.8) is 0 Å². The third-order valence-corrected chi connectivity index (χ3v) is 12.8. The van der Waals surface area contributed by atoms with Gasteiger partial charge in [0.15, 0.2) is 0 Å². The van der Waals surface area contributed by atoms with Gasteiger partial charge in [-0.1, -0.05) is 0 Å². The second-order valence-corrected chi connectivity index (χ2v) is 14.2. The topological polar surface area (TPSA) is 89.5 Å². The Bertz CT molecular complexity index is 988. The third-order valence-electron chi connectivity index (χ3n) is 1.86. The zero-order valence-electron chi connectivity index (χ0n) is 13.9. The van der Waals surface area contributed by atoms with Crippen molar-refractivity contribution in [3.8, 4) is 0 Å². The summed E-state index contributed by atoms with van der Waals surface area (Å²) in [6, 6.07) is 0. The van der Waals surface area contributed by atoms with Crippen molar-refractivity contribution in [2.24, 2.45) is 22.6 Å². The van der Waals surface area contributed by atoms with Crippen LogP contribution in [0.5, 0.6) is 0 Å². The van der Waals surface area contributed by atoms with Gasteiger partial charge in [-0.05, 0) is 0 Å². The molecule has 1 rings (SSSR count). The second-order valence-electron chi connectivity index (χ2n) is 4.74. The molecule has 0 bridgehead atoms. The van der Waals surface area contributed by atoms with Crippen LogP contribution in [-0.4, -0.2) is 25.8 Å². The summed E-state index contributed by atoms with van der Waals surface area (Å²) in [5.41, 5.74) is 0. The predicted molar refractivity (Wildman–Crippen MR) is 80.7 cm³/mol. The minimum atomic E-state index is -7.60. The van der Waals surface area contributed by atoms with Gasteiger partial charge in [0.25, 0.3) is 0 Å². The summed E-state index contributed by atoms with van der Waals surface area (Å²) in [5.74, 6) is 0. The van der Waals surface area contributed by atoms with Gasteiger partial charge in [-0.2, -0.15) is 25.8 Å². The Hall–Kier alpha value is -0.0200. The van der Waals surface area contributed by atoms with Gasteiger partial charge in [0.1, 0.15) is 0 Å². The van der Waals surface area contributed by atoms with E-state index in [1.54, 1.807) is 9.03 Å². The zero-order valence-corrected chi connectivity index (χ0v) is 18.3. The first kappa shape index (κ1) is 30.0. The Labute approximate surface area is 166 Å². The molecule has 1 heterocycles. The summed E-state index contributed by atoms with van der Waals surface area (Å²) in [6.45, 7) is -0.329. The fourth-order valence-electron chi connectivity index (χ4n) is 1.40. The minimum Gasteiger partial charge on any atom is -0.207 e. The van der Waals surface area contributed by atoms with Gasteiger partial charge in [-0.3, -0.25) is 0 Å². The van der Waals surface area contributed by atoms with Crippen LogP contribution in [0.1, 0.15) is 0 Å². The zero-order chi connectivity index (χ0) is 25.7. The van der Waals surface area contributed by atoms with Crippen LogP contribution in [0.25, 0.3) is 0 Å². The van der Waals surface area contributed by atoms with E-state index in [0.29, 0.717) is 0 Å². The molecule has 0 N–H and O–H groups in total. The lowest BCUT2D eigenvalue weighted by molar-refractivity contribution is -0.275. The molecule has 4 unspecified atom stereocenters. The molecule has 1 aliphatic heterocycles. The fourth-order valence-corrected chi connectivity index (χ4v) is 11.8. The molecule has 4 atom stereocenters. The largest absolute Gasteiger partial charge is 0.530 e. The summed E-state index contributed by atoms with van der Waals surface area (Å²) < 4.78 is 211. The molecule has 0 saturated heterocycles. The van der Waals surface area contributed by atoms with E-state index in [1.807, 2.05) is 0 Å². The van der Waals surface area contributed by atoms with E-state index in [4.69, 9.17) is 0 Å². The van der Waals surface area contributed by atoms with Crippen LogP contribution in [0, 0.1) is 0 Å². The van der Waals surface area contributed by atoms with E-state index in [9.17, 15) is 64.7 Å². The summed E-state index contributed by atoms with van der Waals surface area (Å²) in [5, 5.41) is 0. The van der Waals surface area contributed by atoms with E-state index < -0.39 is 57.7 Å². The highest BCUT2D eigenvalue weighted by atomic mass is 31.3. The van der Waals surface area contributed by atoms with Gasteiger partial charge in [-0.25, -0.2) is 13.6 Å². The van der Waals surface area contributed by atoms with Gasteiger partial charge in [0.05, 0.1) is 0 Å². The van der Waals surface area contributed by atoms with Crippen molar-refractivity contribution >= 4 is 38.6 Å². The maximum Gasteiger partial charge on any atom is 0.530 e. The number of alkyl halides is 9. The second kappa shape index (κ2) is 8.89. The molecule has 8 nitrogen and oxygen atoms in total. The van der Waals surface area contributed by atoms with Crippen molar-refractivity contribution in [1.82, 2.24) is 0 Å². The van der Waals surface area contributed by atoms with Crippen molar-refractivity contribution < 1.29 is 78.3 Å². The summed E-state index contributed by atoms with van der Waals surface area (Å²) in [7, 11) is -35.7. The average Bonchev–Trinajstić information content (AvgIpc) is 2.21. The highest BCUT2D eigenvalue weighted by Crippen LogP contribution is 2.82. The summed E-state index contributed by atoms with van der Waals surface area (Å²) >= 11 is 0. The van der Waals surface area contributed by atoms with Crippen molar-refractivity contribution in [3.05, 3.63) is 0 Å². The summed E-state index contributed by atoms with van der Waals surface area (Å²) in [6.07, 6.45) is -19.3. The van der Waals surface area contributed by atoms with Crippen LogP contribution in [0.2, 0.25) is 0 Å². The minimum absolute atomic E-state index is 0.329. The Morgan fingerprint density at radius 2 is 0.750 bits per heavy atom. The molecular formula is C4H3F15N5O3P5. The van der Waals surface area contributed by atoms with Gasteiger partial charge in [-0.15, -0.1) is 61.5 Å². The number of nitrogens with zero attached hydrogens (tertiary/aromatic N) is 5. The highest BCUT2D eigenvalue weighted by molar-refractivity contribution is 7.79. The first-order valence-corrected chi connectivity index (χ1v) is 14.3. The first-order chi connectivity index (χ1) is 13.7. The molecule has 0 saturated carbocycles. The molecule has 1 aliphatic rings. The highest BCUT2D eigenvalue weighted by Gasteiger charge is 2.51. The van der Waals surface area contributed by atoms with Gasteiger partial charge in [0.2, 0.25) is 7.52 Å². The normalized spacial score (nSPS) is 36.6. The van der Waals surface area contributed by atoms with Gasteiger partial charge < -0.3 is 0 Å². The maximum atomic E-state index is 14.5. The Morgan fingerprint density at radius 3 is 1.06 bits per heavy atom. The molecule has 0 aromatic heterocycles. The van der Waals surface area contributed by atoms with Gasteiger partial charge in [0, 0.05) is 6.66 Å². The van der Waals surface area contributed by atoms with Crippen LogP contribution >= 0.6 is 38.6 Å². The number of hydrogen-bond donors (Lipinski definition) is 0. The molecule has 0 amide bonds. The Balaban J connectivity index is 4.28. The molecule has 0 spiro atoms. The lowest BCUT2D eigenvalue weighted by Crippen LogP contribution is -2.12. The molecule has 0 fully saturated rings. The third kappa shape index (κ3) is 10.9. The monoisotopic (exact) mass is 609 g/mol. The van der Waals surface area contributed by atoms with Crippen LogP contribution in [0.15, 0.2) is 22.6 Å². The van der Waals surface area contributed by atoms with E-state index >= 15 is 0 Å². The van der Waals surface area contributed by atoms with Crippen molar-refractivity contribution in [2.45, 2.75) is 19.1 Å². The van der Waals surface area contributed by atoms with Crippen LogP contribution in [0.3, 0.4) is 0 Å². The number of rotatable bonds is 3. The quantitative estimate of drug-likeness (QED) is 0.236. The van der Waals surface area contributed by atoms with Crippen molar-refractivity contribution in [2.75, 3.05) is 6.66 Å². The maximum absolute atomic E-state index is 14.5.